The van der Waals surface area contributed by atoms with Crippen molar-refractivity contribution in [2.75, 3.05) is 17.6 Å². The van der Waals surface area contributed by atoms with Crippen LogP contribution >= 0.6 is 11.6 Å². The number of hydrogen-bond acceptors (Lipinski definition) is 3. The van der Waals surface area contributed by atoms with E-state index in [0.29, 0.717) is 10.7 Å². The molecule has 0 spiro atoms. The third kappa shape index (κ3) is 3.77. The van der Waals surface area contributed by atoms with Crippen molar-refractivity contribution in [1.82, 2.24) is 4.98 Å². The molecule has 1 aliphatic rings. The normalized spacial score (nSPS) is 16.3. The summed E-state index contributed by atoms with van der Waals surface area (Å²) in [5, 5.41) is 3.87. The molecule has 0 aromatic carbocycles. The van der Waals surface area contributed by atoms with Crippen LogP contribution in [0.3, 0.4) is 0 Å². The fourth-order valence-corrected chi connectivity index (χ4v) is 2.72. The number of rotatable bonds is 5. The number of hydrogen-bond donors (Lipinski definition) is 2. The molecular formula is C13H20ClN3. The Bertz CT molecular complexity index is 362. The quantitative estimate of drug-likeness (QED) is 0.787. The molecule has 3 nitrogen and oxygen atoms in total. The number of halogens is 1. The van der Waals surface area contributed by atoms with Crippen molar-refractivity contribution in [1.29, 1.82) is 0 Å². The average molecular weight is 254 g/mol. The molecule has 1 saturated carbocycles. The zero-order chi connectivity index (χ0) is 12.1. The van der Waals surface area contributed by atoms with E-state index in [4.69, 9.17) is 17.3 Å². The highest BCUT2D eigenvalue weighted by molar-refractivity contribution is 6.33. The summed E-state index contributed by atoms with van der Waals surface area (Å²) in [7, 11) is 0. The monoisotopic (exact) mass is 253 g/mol. The van der Waals surface area contributed by atoms with Gasteiger partial charge in [0.1, 0.15) is 5.82 Å². The van der Waals surface area contributed by atoms with Crippen LogP contribution < -0.4 is 11.1 Å². The second-order valence-electron chi connectivity index (χ2n) is 4.82. The van der Waals surface area contributed by atoms with E-state index in [2.05, 4.69) is 10.3 Å². The van der Waals surface area contributed by atoms with Gasteiger partial charge in [0, 0.05) is 6.54 Å². The summed E-state index contributed by atoms with van der Waals surface area (Å²) in [5.41, 5.74) is 6.19. The molecule has 1 aliphatic carbocycles. The minimum absolute atomic E-state index is 0.603. The van der Waals surface area contributed by atoms with Crippen molar-refractivity contribution in [2.24, 2.45) is 5.92 Å². The van der Waals surface area contributed by atoms with Crippen LogP contribution in [0.4, 0.5) is 11.5 Å². The zero-order valence-corrected chi connectivity index (χ0v) is 10.8. The van der Waals surface area contributed by atoms with Gasteiger partial charge in [0.15, 0.2) is 0 Å². The maximum atomic E-state index is 6.03. The second-order valence-corrected chi connectivity index (χ2v) is 5.23. The highest BCUT2D eigenvalue weighted by atomic mass is 35.5. The van der Waals surface area contributed by atoms with Crippen molar-refractivity contribution in [3.63, 3.8) is 0 Å². The number of pyridine rings is 1. The van der Waals surface area contributed by atoms with Gasteiger partial charge in [0.05, 0.1) is 16.9 Å². The van der Waals surface area contributed by atoms with E-state index in [1.807, 2.05) is 0 Å². The third-order valence-electron chi connectivity index (χ3n) is 3.42. The van der Waals surface area contributed by atoms with E-state index < -0.39 is 0 Å². The van der Waals surface area contributed by atoms with Gasteiger partial charge in [-0.25, -0.2) is 4.98 Å². The molecule has 0 aliphatic heterocycles. The third-order valence-corrected chi connectivity index (χ3v) is 3.71. The number of anilines is 2. The van der Waals surface area contributed by atoms with Gasteiger partial charge < -0.3 is 11.1 Å². The molecule has 0 unspecified atom stereocenters. The van der Waals surface area contributed by atoms with Crippen molar-refractivity contribution < 1.29 is 0 Å². The van der Waals surface area contributed by atoms with Crippen LogP contribution in [0.15, 0.2) is 12.3 Å². The number of nitrogens with two attached hydrogens (primary N) is 1. The standard InChI is InChI=1S/C13H20ClN3/c14-12-8-11(15)9-17-13(12)16-7-3-6-10-4-1-2-5-10/h8-10H,1-7,15H2,(H,16,17). The Labute approximate surface area is 108 Å². The molecular weight excluding hydrogens is 234 g/mol. The SMILES string of the molecule is Nc1cnc(NCCCC2CCCC2)c(Cl)c1. The topological polar surface area (TPSA) is 50.9 Å². The molecule has 94 valence electrons. The lowest BCUT2D eigenvalue weighted by Crippen LogP contribution is -2.06. The first-order valence-corrected chi connectivity index (χ1v) is 6.78. The molecule has 17 heavy (non-hydrogen) atoms. The van der Waals surface area contributed by atoms with Crippen molar-refractivity contribution in [3.05, 3.63) is 17.3 Å². The lowest BCUT2D eigenvalue weighted by Gasteiger charge is -2.10. The maximum absolute atomic E-state index is 6.03. The molecule has 3 N–H and O–H groups in total. The van der Waals surface area contributed by atoms with Crippen LogP contribution in [0.5, 0.6) is 0 Å². The van der Waals surface area contributed by atoms with Crippen LogP contribution in [-0.2, 0) is 0 Å². The average Bonchev–Trinajstić information content (AvgIpc) is 2.79. The molecule has 0 bridgehead atoms. The second kappa shape index (κ2) is 6.10. The van der Waals surface area contributed by atoms with Crippen LogP contribution in [0.2, 0.25) is 5.02 Å². The molecule has 1 aromatic heterocycles. The van der Waals surface area contributed by atoms with Crippen molar-refractivity contribution in [2.45, 2.75) is 38.5 Å². The Morgan fingerprint density at radius 2 is 2.18 bits per heavy atom. The highest BCUT2D eigenvalue weighted by Gasteiger charge is 2.14. The Balaban J connectivity index is 1.70. The predicted molar refractivity (Wildman–Crippen MR) is 73.3 cm³/mol. The fourth-order valence-electron chi connectivity index (χ4n) is 2.48. The number of aromatic nitrogens is 1. The lowest BCUT2D eigenvalue weighted by atomic mass is 10.0. The number of nitrogen functional groups attached to an aromatic ring is 1. The van der Waals surface area contributed by atoms with E-state index in [1.165, 1.54) is 38.5 Å². The van der Waals surface area contributed by atoms with Crippen LogP contribution in [0.1, 0.15) is 38.5 Å². The van der Waals surface area contributed by atoms with Crippen LogP contribution in [0, 0.1) is 5.92 Å². The summed E-state index contributed by atoms with van der Waals surface area (Å²) in [5.74, 6) is 1.69. The number of nitrogens with one attached hydrogen (secondary N) is 1. The molecule has 0 saturated heterocycles. The first kappa shape index (κ1) is 12.5. The van der Waals surface area contributed by atoms with Gasteiger partial charge in [0.25, 0.3) is 0 Å². The van der Waals surface area contributed by atoms with Crippen LogP contribution in [0.25, 0.3) is 0 Å². The summed E-state index contributed by atoms with van der Waals surface area (Å²) < 4.78 is 0. The minimum Gasteiger partial charge on any atom is -0.397 e. The van der Waals surface area contributed by atoms with Crippen molar-refractivity contribution >= 4 is 23.1 Å². The van der Waals surface area contributed by atoms with Gasteiger partial charge in [0.2, 0.25) is 0 Å². The summed E-state index contributed by atoms with van der Waals surface area (Å²) >= 11 is 6.03. The first-order chi connectivity index (χ1) is 8.25. The summed E-state index contributed by atoms with van der Waals surface area (Å²) in [6.07, 6.45) is 9.81. The largest absolute Gasteiger partial charge is 0.397 e. The first-order valence-electron chi connectivity index (χ1n) is 6.40. The Morgan fingerprint density at radius 1 is 1.41 bits per heavy atom. The van der Waals surface area contributed by atoms with E-state index in [0.717, 1.165) is 18.3 Å². The van der Waals surface area contributed by atoms with E-state index in [1.54, 1.807) is 12.3 Å². The Morgan fingerprint density at radius 3 is 2.88 bits per heavy atom. The maximum Gasteiger partial charge on any atom is 0.144 e. The van der Waals surface area contributed by atoms with Crippen molar-refractivity contribution in [3.8, 4) is 0 Å². The van der Waals surface area contributed by atoms with E-state index >= 15 is 0 Å². The fraction of sp³-hybridized carbons (Fsp3) is 0.615. The van der Waals surface area contributed by atoms with E-state index in [9.17, 15) is 0 Å². The molecule has 1 fully saturated rings. The molecule has 4 heteroatoms. The van der Waals surface area contributed by atoms with Gasteiger partial charge in [-0.1, -0.05) is 37.3 Å². The lowest BCUT2D eigenvalue weighted by molar-refractivity contribution is 0.491. The van der Waals surface area contributed by atoms with Gasteiger partial charge >= 0.3 is 0 Å². The molecule has 0 radical (unpaired) electrons. The van der Waals surface area contributed by atoms with E-state index in [-0.39, 0.29) is 0 Å². The summed E-state index contributed by atoms with van der Waals surface area (Å²) in [4.78, 5) is 4.18. The van der Waals surface area contributed by atoms with Gasteiger partial charge in [-0.05, 0) is 24.8 Å². The predicted octanol–water partition coefficient (Wildman–Crippen LogP) is 3.70. The molecule has 1 heterocycles. The van der Waals surface area contributed by atoms with Gasteiger partial charge in [-0.2, -0.15) is 0 Å². The number of nitrogens with zero attached hydrogens (tertiary/aromatic N) is 1. The molecule has 0 amide bonds. The smallest absolute Gasteiger partial charge is 0.144 e. The molecule has 2 rings (SSSR count). The molecule has 0 atom stereocenters. The van der Waals surface area contributed by atoms with Crippen LogP contribution in [-0.4, -0.2) is 11.5 Å². The Hall–Kier alpha value is -0.960. The summed E-state index contributed by atoms with van der Waals surface area (Å²) in [6.45, 7) is 0.938. The minimum atomic E-state index is 0.603. The zero-order valence-electron chi connectivity index (χ0n) is 10.1. The van der Waals surface area contributed by atoms with Gasteiger partial charge in [-0.15, -0.1) is 0 Å². The highest BCUT2D eigenvalue weighted by Crippen LogP contribution is 2.28. The summed E-state index contributed by atoms with van der Waals surface area (Å²) in [6, 6.07) is 1.73. The molecule has 1 aromatic rings. The van der Waals surface area contributed by atoms with Gasteiger partial charge in [-0.3, -0.25) is 0 Å². The Kier molecular flexibility index (Phi) is 4.49.